The van der Waals surface area contributed by atoms with E-state index in [4.69, 9.17) is 4.74 Å². The van der Waals surface area contributed by atoms with Gasteiger partial charge in [-0.05, 0) is 31.2 Å². The summed E-state index contributed by atoms with van der Waals surface area (Å²) in [7, 11) is 2.42. The zero-order valence-electron chi connectivity index (χ0n) is 16.5. The highest BCUT2D eigenvalue weighted by Gasteiger charge is 2.29. The molecule has 0 fully saturated rings. The Bertz CT molecular complexity index is 861. The molecule has 0 aromatic heterocycles. The van der Waals surface area contributed by atoms with Crippen molar-refractivity contribution in [3.63, 3.8) is 0 Å². The maximum Gasteiger partial charge on any atom is 0.415 e. The second-order valence-corrected chi connectivity index (χ2v) is 5.80. The lowest BCUT2D eigenvalue weighted by Crippen LogP contribution is -2.35. The van der Waals surface area contributed by atoms with E-state index < -0.39 is 29.9 Å². The molecule has 0 amide bonds. The van der Waals surface area contributed by atoms with Gasteiger partial charge < -0.3 is 25.2 Å². The quantitative estimate of drug-likeness (QED) is 0.138. The second kappa shape index (κ2) is 11.1. The third kappa shape index (κ3) is 7.63. The van der Waals surface area contributed by atoms with Crippen LogP contribution in [0, 0.1) is 5.82 Å². The SMILES string of the molecule is C=C(/C=C\C(OC)=C(/C)NC(O)Nc1c(F)cccc1/C=C\C(=O)OC)C(F)(F)F. The number of para-hydroxylation sites is 1. The highest BCUT2D eigenvalue weighted by atomic mass is 19.4. The number of allylic oxidation sites excluding steroid dienone is 4. The van der Waals surface area contributed by atoms with Crippen LogP contribution in [0.1, 0.15) is 12.5 Å². The van der Waals surface area contributed by atoms with Crippen LogP contribution in [0.3, 0.4) is 0 Å². The fourth-order valence-electron chi connectivity index (χ4n) is 2.12. The first-order chi connectivity index (χ1) is 14.0. The summed E-state index contributed by atoms with van der Waals surface area (Å²) in [5, 5.41) is 15.2. The maximum atomic E-state index is 14.2. The average molecular weight is 430 g/mol. The Morgan fingerprint density at radius 2 is 1.87 bits per heavy atom. The van der Waals surface area contributed by atoms with Crippen LogP contribution in [0.15, 0.2) is 60.0 Å². The van der Waals surface area contributed by atoms with Gasteiger partial charge in [-0.1, -0.05) is 18.7 Å². The molecule has 1 aromatic rings. The minimum absolute atomic E-state index is 0.0133. The van der Waals surface area contributed by atoms with Gasteiger partial charge in [0.2, 0.25) is 6.35 Å². The molecular formula is C20H22F4N2O4. The summed E-state index contributed by atoms with van der Waals surface area (Å²) in [6.07, 6.45) is -2.02. The van der Waals surface area contributed by atoms with Crippen LogP contribution in [0.25, 0.3) is 6.08 Å². The molecule has 1 aromatic carbocycles. The fraction of sp³-hybridized carbons (Fsp3) is 0.250. The van der Waals surface area contributed by atoms with Crippen LogP contribution in [0.2, 0.25) is 0 Å². The van der Waals surface area contributed by atoms with Gasteiger partial charge in [0.25, 0.3) is 0 Å². The van der Waals surface area contributed by atoms with Crippen molar-refractivity contribution in [3.05, 3.63) is 71.4 Å². The minimum Gasteiger partial charge on any atom is -0.495 e. The Hall–Kier alpha value is -3.27. The summed E-state index contributed by atoms with van der Waals surface area (Å²) in [6.45, 7) is 4.34. The van der Waals surface area contributed by atoms with Crippen LogP contribution in [-0.2, 0) is 14.3 Å². The Balaban J connectivity index is 3.00. The van der Waals surface area contributed by atoms with Crippen molar-refractivity contribution in [3.8, 4) is 0 Å². The van der Waals surface area contributed by atoms with Gasteiger partial charge >= 0.3 is 12.1 Å². The van der Waals surface area contributed by atoms with Crippen molar-refractivity contribution in [1.82, 2.24) is 5.32 Å². The molecule has 1 rings (SSSR count). The molecule has 0 aliphatic heterocycles. The molecule has 6 nitrogen and oxygen atoms in total. The van der Waals surface area contributed by atoms with Crippen molar-refractivity contribution < 1.29 is 36.9 Å². The number of hydrogen-bond donors (Lipinski definition) is 3. The molecule has 0 saturated heterocycles. The highest BCUT2D eigenvalue weighted by Crippen LogP contribution is 2.25. The smallest absolute Gasteiger partial charge is 0.415 e. The lowest BCUT2D eigenvalue weighted by atomic mass is 10.1. The molecule has 3 N–H and O–H groups in total. The Labute approximate surface area is 171 Å². The number of methoxy groups -OCH3 is 2. The molecule has 30 heavy (non-hydrogen) atoms. The number of aliphatic hydroxyl groups is 1. The van der Waals surface area contributed by atoms with Crippen LogP contribution in [-0.4, -0.2) is 37.8 Å². The number of carbonyl (C=O) groups is 1. The topological polar surface area (TPSA) is 79.8 Å². The van der Waals surface area contributed by atoms with Crippen LogP contribution in [0.4, 0.5) is 23.2 Å². The van der Waals surface area contributed by atoms with Gasteiger partial charge in [-0.25, -0.2) is 9.18 Å². The number of carbonyl (C=O) groups excluding carboxylic acids is 1. The average Bonchev–Trinajstić information content (AvgIpc) is 2.67. The van der Waals surface area contributed by atoms with Crippen molar-refractivity contribution in [2.75, 3.05) is 19.5 Å². The Morgan fingerprint density at radius 3 is 2.43 bits per heavy atom. The molecule has 0 bridgehead atoms. The molecule has 1 atom stereocenters. The molecule has 0 spiro atoms. The van der Waals surface area contributed by atoms with E-state index in [0.29, 0.717) is 0 Å². The maximum absolute atomic E-state index is 14.2. The van der Waals surface area contributed by atoms with Crippen molar-refractivity contribution >= 4 is 17.7 Å². The predicted molar refractivity (Wildman–Crippen MR) is 104 cm³/mol. The highest BCUT2D eigenvalue weighted by molar-refractivity contribution is 5.88. The summed E-state index contributed by atoms with van der Waals surface area (Å²) >= 11 is 0. The van der Waals surface area contributed by atoms with Gasteiger partial charge in [0, 0.05) is 17.2 Å². The molecule has 1 unspecified atom stereocenters. The molecular weight excluding hydrogens is 408 g/mol. The van der Waals surface area contributed by atoms with Crippen molar-refractivity contribution in [2.45, 2.75) is 19.5 Å². The molecule has 0 saturated carbocycles. The van der Waals surface area contributed by atoms with E-state index in [1.54, 1.807) is 0 Å². The Morgan fingerprint density at radius 1 is 1.20 bits per heavy atom. The van der Waals surface area contributed by atoms with Gasteiger partial charge in [0.1, 0.15) is 11.6 Å². The number of hydrogen-bond acceptors (Lipinski definition) is 6. The number of benzene rings is 1. The third-order valence-electron chi connectivity index (χ3n) is 3.67. The van der Waals surface area contributed by atoms with E-state index in [0.717, 1.165) is 24.3 Å². The molecule has 0 aliphatic rings. The number of aliphatic hydroxyl groups excluding tert-OH is 1. The van der Waals surface area contributed by atoms with Crippen LogP contribution >= 0.6 is 0 Å². The van der Waals surface area contributed by atoms with Gasteiger partial charge in [-0.15, -0.1) is 0 Å². The number of nitrogens with one attached hydrogen (secondary N) is 2. The monoisotopic (exact) mass is 430 g/mol. The molecule has 164 valence electrons. The first-order valence-electron chi connectivity index (χ1n) is 8.44. The fourth-order valence-corrected chi connectivity index (χ4v) is 2.12. The van der Waals surface area contributed by atoms with Crippen molar-refractivity contribution in [1.29, 1.82) is 0 Å². The van der Waals surface area contributed by atoms with E-state index in [-0.39, 0.29) is 22.7 Å². The zero-order chi connectivity index (χ0) is 22.9. The van der Waals surface area contributed by atoms with E-state index in [1.165, 1.54) is 39.4 Å². The van der Waals surface area contributed by atoms with Gasteiger partial charge in [0.15, 0.2) is 0 Å². The standard InChI is InChI=1S/C20H22F4N2O4/c1-12(20(22,23)24)8-10-16(29-3)13(2)25-19(28)26-18-14(6-5-7-15(18)21)9-11-17(27)30-4/h5-11,19,25-26,28H,1H2,2-4H3/b10-8-,11-9-,16-13-. The van der Waals surface area contributed by atoms with Gasteiger partial charge in [-0.2, -0.15) is 13.2 Å². The summed E-state index contributed by atoms with van der Waals surface area (Å²) in [6, 6.07) is 4.04. The summed E-state index contributed by atoms with van der Waals surface area (Å²) in [5.74, 6) is -1.38. The second-order valence-electron chi connectivity index (χ2n) is 5.80. The summed E-state index contributed by atoms with van der Waals surface area (Å²) in [5.41, 5.74) is -0.801. The van der Waals surface area contributed by atoms with E-state index in [9.17, 15) is 27.5 Å². The Kier molecular flexibility index (Phi) is 9.13. The van der Waals surface area contributed by atoms with Crippen molar-refractivity contribution in [2.24, 2.45) is 0 Å². The number of esters is 1. The van der Waals surface area contributed by atoms with Gasteiger partial charge in [0.05, 0.1) is 25.6 Å². The number of rotatable bonds is 9. The first kappa shape index (κ1) is 24.8. The predicted octanol–water partition coefficient (Wildman–Crippen LogP) is 3.84. The normalized spacial score (nSPS) is 13.7. The third-order valence-corrected chi connectivity index (χ3v) is 3.67. The van der Waals surface area contributed by atoms with Crippen LogP contribution in [0.5, 0.6) is 0 Å². The summed E-state index contributed by atoms with van der Waals surface area (Å²) in [4.78, 5) is 11.2. The number of alkyl halides is 3. The number of anilines is 1. The number of halogens is 4. The van der Waals surface area contributed by atoms with Gasteiger partial charge in [-0.3, -0.25) is 0 Å². The molecule has 0 heterocycles. The van der Waals surface area contributed by atoms with E-state index >= 15 is 0 Å². The molecule has 0 aliphatic carbocycles. The van der Waals surface area contributed by atoms with Crippen LogP contribution < -0.4 is 10.6 Å². The number of ether oxygens (including phenoxy) is 2. The van der Waals surface area contributed by atoms with E-state index in [1.807, 2.05) is 0 Å². The minimum atomic E-state index is -4.59. The largest absolute Gasteiger partial charge is 0.495 e. The lowest BCUT2D eigenvalue weighted by Gasteiger charge is -2.20. The molecule has 10 heteroatoms. The summed E-state index contributed by atoms with van der Waals surface area (Å²) < 4.78 is 61.2. The first-order valence-corrected chi connectivity index (χ1v) is 8.44. The lowest BCUT2D eigenvalue weighted by molar-refractivity contribution is -0.134. The zero-order valence-corrected chi connectivity index (χ0v) is 16.5. The van der Waals surface area contributed by atoms with E-state index in [2.05, 4.69) is 21.9 Å². The molecule has 0 radical (unpaired) electrons.